The maximum atomic E-state index is 12.0. The molecule has 0 saturated heterocycles. The van der Waals surface area contributed by atoms with Gasteiger partial charge in [0.15, 0.2) is 0 Å². The molecule has 0 radical (unpaired) electrons. The molecule has 1 aliphatic rings. The Morgan fingerprint density at radius 1 is 1.06 bits per heavy atom. The standard InChI is InChI=1S/C14H11NO2S/c16-10-7-5-9(6-8-10)13-14(17)15-11-3-1-2-4-12(11)18-13/h1-8,13,16H,(H,15,17). The number of nitrogens with one attached hydrogen (secondary N) is 1. The molecule has 0 saturated carbocycles. The lowest BCUT2D eigenvalue weighted by Gasteiger charge is -2.24. The van der Waals surface area contributed by atoms with E-state index in [1.165, 1.54) is 11.8 Å². The fourth-order valence-corrected chi connectivity index (χ4v) is 3.04. The molecule has 3 nitrogen and oxygen atoms in total. The summed E-state index contributed by atoms with van der Waals surface area (Å²) in [5, 5.41) is 11.9. The number of anilines is 1. The van der Waals surface area contributed by atoms with Gasteiger partial charge in [-0.1, -0.05) is 24.3 Å². The Balaban J connectivity index is 1.95. The number of para-hydroxylation sites is 1. The number of hydrogen-bond acceptors (Lipinski definition) is 3. The predicted octanol–water partition coefficient (Wildman–Crippen LogP) is 3.18. The van der Waals surface area contributed by atoms with E-state index >= 15 is 0 Å². The van der Waals surface area contributed by atoms with Crippen molar-refractivity contribution >= 4 is 23.4 Å². The van der Waals surface area contributed by atoms with Gasteiger partial charge in [0.25, 0.3) is 0 Å². The van der Waals surface area contributed by atoms with Crippen molar-refractivity contribution in [2.24, 2.45) is 0 Å². The molecule has 0 bridgehead atoms. The van der Waals surface area contributed by atoms with Crippen LogP contribution in [0.2, 0.25) is 0 Å². The zero-order chi connectivity index (χ0) is 12.5. The van der Waals surface area contributed by atoms with E-state index in [1.807, 2.05) is 24.3 Å². The van der Waals surface area contributed by atoms with Gasteiger partial charge >= 0.3 is 0 Å². The minimum atomic E-state index is -0.263. The second-order valence-electron chi connectivity index (χ2n) is 4.07. The summed E-state index contributed by atoms with van der Waals surface area (Å²) >= 11 is 1.53. The van der Waals surface area contributed by atoms with E-state index in [9.17, 15) is 9.90 Å². The molecule has 0 aromatic heterocycles. The number of benzene rings is 2. The Kier molecular flexibility index (Phi) is 2.72. The quantitative estimate of drug-likeness (QED) is 0.825. The van der Waals surface area contributed by atoms with Gasteiger partial charge in [0, 0.05) is 4.90 Å². The van der Waals surface area contributed by atoms with Crippen LogP contribution in [0.5, 0.6) is 5.75 Å². The third kappa shape index (κ3) is 1.95. The molecular formula is C14H11NO2S. The summed E-state index contributed by atoms with van der Waals surface area (Å²) in [5.74, 6) is 0.185. The van der Waals surface area contributed by atoms with E-state index in [2.05, 4.69) is 5.32 Å². The van der Waals surface area contributed by atoms with Crippen LogP contribution in [0.3, 0.4) is 0 Å². The van der Waals surface area contributed by atoms with Crippen LogP contribution < -0.4 is 5.32 Å². The molecule has 0 spiro atoms. The highest BCUT2D eigenvalue weighted by atomic mass is 32.2. The Labute approximate surface area is 109 Å². The van der Waals surface area contributed by atoms with E-state index in [4.69, 9.17) is 0 Å². The number of fused-ring (bicyclic) bond motifs is 1. The van der Waals surface area contributed by atoms with Gasteiger partial charge in [-0.2, -0.15) is 0 Å². The van der Waals surface area contributed by atoms with Crippen LogP contribution in [0.25, 0.3) is 0 Å². The molecule has 3 rings (SSSR count). The van der Waals surface area contributed by atoms with E-state index < -0.39 is 0 Å². The van der Waals surface area contributed by atoms with Crippen LogP contribution in [0.15, 0.2) is 53.4 Å². The average Bonchev–Trinajstić information content (AvgIpc) is 2.39. The van der Waals surface area contributed by atoms with Crippen LogP contribution in [-0.2, 0) is 4.79 Å². The van der Waals surface area contributed by atoms with E-state index in [0.29, 0.717) is 0 Å². The van der Waals surface area contributed by atoms with Crippen molar-refractivity contribution in [3.05, 3.63) is 54.1 Å². The molecular weight excluding hydrogens is 246 g/mol. The number of phenolic OH excluding ortho intramolecular Hbond substituents is 1. The van der Waals surface area contributed by atoms with Gasteiger partial charge in [0.05, 0.1) is 5.69 Å². The summed E-state index contributed by atoms with van der Waals surface area (Å²) in [6.07, 6.45) is 0. The molecule has 1 aliphatic heterocycles. The van der Waals surface area contributed by atoms with Crippen molar-refractivity contribution < 1.29 is 9.90 Å². The molecule has 0 fully saturated rings. The third-order valence-electron chi connectivity index (χ3n) is 2.82. The number of carbonyl (C=O) groups excluding carboxylic acids is 1. The van der Waals surface area contributed by atoms with Crippen molar-refractivity contribution in [3.63, 3.8) is 0 Å². The van der Waals surface area contributed by atoms with Gasteiger partial charge < -0.3 is 10.4 Å². The summed E-state index contributed by atoms with van der Waals surface area (Å²) in [6, 6.07) is 14.5. The van der Waals surface area contributed by atoms with Crippen molar-refractivity contribution in [2.75, 3.05) is 5.32 Å². The van der Waals surface area contributed by atoms with Gasteiger partial charge in [-0.25, -0.2) is 0 Å². The maximum Gasteiger partial charge on any atom is 0.242 e. The van der Waals surface area contributed by atoms with Crippen LogP contribution >= 0.6 is 11.8 Å². The fourth-order valence-electron chi connectivity index (χ4n) is 1.92. The summed E-state index contributed by atoms with van der Waals surface area (Å²) in [5.41, 5.74) is 1.76. The van der Waals surface area contributed by atoms with Crippen molar-refractivity contribution in [3.8, 4) is 5.75 Å². The first-order valence-corrected chi connectivity index (χ1v) is 6.47. The Morgan fingerprint density at radius 3 is 2.56 bits per heavy atom. The molecule has 4 heteroatoms. The van der Waals surface area contributed by atoms with Crippen LogP contribution in [0.4, 0.5) is 5.69 Å². The van der Waals surface area contributed by atoms with E-state index in [-0.39, 0.29) is 16.9 Å². The molecule has 2 aromatic rings. The fraction of sp³-hybridized carbons (Fsp3) is 0.0714. The summed E-state index contributed by atoms with van der Waals surface area (Å²) in [7, 11) is 0. The summed E-state index contributed by atoms with van der Waals surface area (Å²) in [4.78, 5) is 13.1. The summed E-state index contributed by atoms with van der Waals surface area (Å²) < 4.78 is 0. The monoisotopic (exact) mass is 257 g/mol. The lowest BCUT2D eigenvalue weighted by atomic mass is 10.1. The molecule has 2 N–H and O–H groups in total. The van der Waals surface area contributed by atoms with Gasteiger partial charge in [-0.15, -0.1) is 11.8 Å². The number of amides is 1. The second kappa shape index (κ2) is 4.38. The molecule has 18 heavy (non-hydrogen) atoms. The van der Waals surface area contributed by atoms with Gasteiger partial charge in [0.2, 0.25) is 5.91 Å². The van der Waals surface area contributed by atoms with Crippen LogP contribution in [0.1, 0.15) is 10.8 Å². The number of carbonyl (C=O) groups is 1. The maximum absolute atomic E-state index is 12.0. The third-order valence-corrected chi connectivity index (χ3v) is 4.16. The molecule has 90 valence electrons. The second-order valence-corrected chi connectivity index (χ2v) is 5.22. The zero-order valence-electron chi connectivity index (χ0n) is 9.46. The Hall–Kier alpha value is -1.94. The highest BCUT2D eigenvalue weighted by molar-refractivity contribution is 8.00. The highest BCUT2D eigenvalue weighted by Crippen LogP contribution is 2.43. The lowest BCUT2D eigenvalue weighted by molar-refractivity contribution is -0.115. The number of rotatable bonds is 1. The topological polar surface area (TPSA) is 49.3 Å². The molecule has 1 unspecified atom stereocenters. The molecule has 1 amide bonds. The predicted molar refractivity (Wildman–Crippen MR) is 71.8 cm³/mol. The molecule has 0 aliphatic carbocycles. The lowest BCUT2D eigenvalue weighted by Crippen LogP contribution is -2.22. The Bertz CT molecular complexity index is 595. The van der Waals surface area contributed by atoms with E-state index in [1.54, 1.807) is 24.3 Å². The van der Waals surface area contributed by atoms with Crippen LogP contribution in [-0.4, -0.2) is 11.0 Å². The van der Waals surface area contributed by atoms with Crippen LogP contribution in [0, 0.1) is 0 Å². The van der Waals surface area contributed by atoms with Gasteiger partial charge in [-0.3, -0.25) is 4.79 Å². The molecule has 1 atom stereocenters. The normalized spacial score (nSPS) is 18.0. The SMILES string of the molecule is O=C1Nc2ccccc2SC1c1ccc(O)cc1. The van der Waals surface area contributed by atoms with Gasteiger partial charge in [0.1, 0.15) is 11.0 Å². The first-order valence-electron chi connectivity index (χ1n) is 5.59. The van der Waals surface area contributed by atoms with Crippen molar-refractivity contribution in [1.82, 2.24) is 0 Å². The van der Waals surface area contributed by atoms with Crippen molar-refractivity contribution in [2.45, 2.75) is 10.1 Å². The van der Waals surface area contributed by atoms with Gasteiger partial charge in [-0.05, 0) is 29.8 Å². The highest BCUT2D eigenvalue weighted by Gasteiger charge is 2.27. The zero-order valence-corrected chi connectivity index (χ0v) is 10.3. The first-order chi connectivity index (χ1) is 8.74. The van der Waals surface area contributed by atoms with Crippen molar-refractivity contribution in [1.29, 1.82) is 0 Å². The number of aromatic hydroxyl groups is 1. The Morgan fingerprint density at radius 2 is 1.78 bits per heavy atom. The van der Waals surface area contributed by atoms with E-state index in [0.717, 1.165) is 16.1 Å². The summed E-state index contributed by atoms with van der Waals surface area (Å²) in [6.45, 7) is 0. The molecule has 1 heterocycles. The number of hydrogen-bond donors (Lipinski definition) is 2. The first kappa shape index (κ1) is 11.2. The largest absolute Gasteiger partial charge is 0.508 e. The smallest absolute Gasteiger partial charge is 0.242 e. The number of phenols is 1. The minimum absolute atomic E-state index is 0.0237. The number of thioether (sulfide) groups is 1. The minimum Gasteiger partial charge on any atom is -0.508 e. The average molecular weight is 257 g/mol. The molecule has 2 aromatic carbocycles.